The topological polar surface area (TPSA) is 12.9 Å². The smallest absolute Gasteiger partial charge is 0.0716 e. The quantitative estimate of drug-likeness (QED) is 0.383. The number of hydrogen-bond donors (Lipinski definition) is 0. The van der Waals surface area contributed by atoms with Crippen LogP contribution in [0.5, 0.6) is 0 Å². The number of fused-ring (bicyclic) bond motifs is 1. The van der Waals surface area contributed by atoms with E-state index in [2.05, 4.69) is 83.5 Å². The molecule has 0 amide bonds. The van der Waals surface area contributed by atoms with E-state index >= 15 is 0 Å². The Morgan fingerprint density at radius 2 is 1.54 bits per heavy atom. The third-order valence-corrected chi connectivity index (χ3v) is 4.69. The Balaban J connectivity index is 1.99. The average molecular weight is 374 g/mol. The number of aromatic nitrogens is 1. The van der Waals surface area contributed by atoms with Gasteiger partial charge in [0.1, 0.15) is 0 Å². The van der Waals surface area contributed by atoms with E-state index < -0.39 is 0 Å². The van der Waals surface area contributed by atoms with E-state index in [9.17, 15) is 0 Å². The van der Waals surface area contributed by atoms with Gasteiger partial charge in [0.25, 0.3) is 0 Å². The summed E-state index contributed by atoms with van der Waals surface area (Å²) in [5.41, 5.74) is 6.83. The van der Waals surface area contributed by atoms with Gasteiger partial charge < -0.3 is 0 Å². The van der Waals surface area contributed by atoms with Crippen LogP contribution in [0.1, 0.15) is 5.56 Å². The Hall–Kier alpha value is -2.45. The number of nitrogens with zero attached hydrogens (tertiary/aromatic N) is 1. The molecule has 0 aliphatic carbocycles. The lowest BCUT2D eigenvalue weighted by Gasteiger charge is -2.11. The normalized spacial score (nSPS) is 10.9. The van der Waals surface area contributed by atoms with E-state index in [-0.39, 0.29) is 0 Å². The summed E-state index contributed by atoms with van der Waals surface area (Å²) in [6.45, 7) is 2.11. The largest absolute Gasteiger partial charge is 0.248 e. The van der Waals surface area contributed by atoms with E-state index in [1.165, 1.54) is 22.1 Å². The molecule has 0 saturated heterocycles. The minimum Gasteiger partial charge on any atom is -0.248 e. The monoisotopic (exact) mass is 373 g/mol. The molecule has 0 N–H and O–H groups in total. The molecule has 1 heterocycles. The lowest BCUT2D eigenvalue weighted by Crippen LogP contribution is -1.90. The van der Waals surface area contributed by atoms with Crippen molar-refractivity contribution < 1.29 is 0 Å². The van der Waals surface area contributed by atoms with E-state index in [0.717, 1.165) is 21.2 Å². The molecule has 0 bridgehead atoms. The second-order valence-electron chi connectivity index (χ2n) is 5.95. The molecule has 116 valence electrons. The first-order valence-corrected chi connectivity index (χ1v) is 8.73. The highest BCUT2D eigenvalue weighted by atomic mass is 79.9. The Kier molecular flexibility index (Phi) is 3.91. The molecule has 2 heteroatoms. The summed E-state index contributed by atoms with van der Waals surface area (Å²) in [6.07, 6.45) is 0. The maximum Gasteiger partial charge on any atom is 0.0716 e. The van der Waals surface area contributed by atoms with Crippen molar-refractivity contribution in [2.24, 2.45) is 0 Å². The highest BCUT2D eigenvalue weighted by molar-refractivity contribution is 9.10. The number of aryl methyl sites for hydroxylation is 1. The molecule has 0 saturated carbocycles. The highest BCUT2D eigenvalue weighted by Gasteiger charge is 2.09. The number of benzene rings is 3. The molecule has 0 radical (unpaired) electrons. The first-order chi connectivity index (χ1) is 11.7. The zero-order valence-corrected chi connectivity index (χ0v) is 14.9. The Labute approximate surface area is 150 Å². The third-order valence-electron chi connectivity index (χ3n) is 4.20. The molecule has 24 heavy (non-hydrogen) atoms. The summed E-state index contributed by atoms with van der Waals surface area (Å²) < 4.78 is 1.06. The van der Waals surface area contributed by atoms with Gasteiger partial charge in [-0.3, -0.25) is 0 Å². The van der Waals surface area contributed by atoms with Crippen LogP contribution < -0.4 is 0 Å². The maximum absolute atomic E-state index is 4.87. The van der Waals surface area contributed by atoms with Crippen molar-refractivity contribution in [3.05, 3.63) is 88.9 Å². The number of pyridine rings is 1. The molecule has 4 aromatic rings. The standard InChI is InChI=1S/C22H16BrN/c1-15-9-11-16(12-10-15)20-14-22(17-5-4-6-18(23)13-17)24-21-8-3-2-7-19(20)21/h2-14H,1H3. The second-order valence-corrected chi connectivity index (χ2v) is 6.86. The van der Waals surface area contributed by atoms with Crippen LogP contribution in [0.15, 0.2) is 83.3 Å². The summed E-state index contributed by atoms with van der Waals surface area (Å²) in [6, 6.07) is 27.5. The van der Waals surface area contributed by atoms with Crippen molar-refractivity contribution in [3.63, 3.8) is 0 Å². The predicted octanol–water partition coefficient (Wildman–Crippen LogP) is 6.64. The molecule has 0 unspecified atom stereocenters. The minimum atomic E-state index is 0.991. The highest BCUT2D eigenvalue weighted by Crippen LogP contribution is 2.32. The molecule has 0 aliphatic rings. The Bertz CT molecular complexity index is 1020. The van der Waals surface area contributed by atoms with Crippen LogP contribution in [-0.4, -0.2) is 4.98 Å². The van der Waals surface area contributed by atoms with E-state index in [1.807, 2.05) is 18.2 Å². The van der Waals surface area contributed by atoms with Gasteiger partial charge in [0.15, 0.2) is 0 Å². The number of rotatable bonds is 2. The molecule has 1 aromatic heterocycles. The number of hydrogen-bond acceptors (Lipinski definition) is 1. The fraction of sp³-hybridized carbons (Fsp3) is 0.0455. The van der Waals surface area contributed by atoms with Gasteiger partial charge in [0.2, 0.25) is 0 Å². The zero-order chi connectivity index (χ0) is 16.5. The maximum atomic E-state index is 4.87. The summed E-state index contributed by atoms with van der Waals surface area (Å²) in [7, 11) is 0. The minimum absolute atomic E-state index is 0.991. The van der Waals surface area contributed by atoms with Crippen molar-refractivity contribution in [2.75, 3.05) is 0 Å². The van der Waals surface area contributed by atoms with Gasteiger partial charge in [-0.15, -0.1) is 0 Å². The molecule has 0 fully saturated rings. The molecule has 0 spiro atoms. The van der Waals surface area contributed by atoms with E-state index in [0.29, 0.717) is 0 Å². The fourth-order valence-corrected chi connectivity index (χ4v) is 3.34. The molecule has 4 rings (SSSR count). The molecule has 0 aliphatic heterocycles. The predicted molar refractivity (Wildman–Crippen MR) is 105 cm³/mol. The molecule has 1 nitrogen and oxygen atoms in total. The van der Waals surface area contributed by atoms with E-state index in [4.69, 9.17) is 4.98 Å². The summed E-state index contributed by atoms with van der Waals surface area (Å²) in [5.74, 6) is 0. The lowest BCUT2D eigenvalue weighted by atomic mass is 9.97. The first-order valence-electron chi connectivity index (χ1n) is 7.93. The first kappa shape index (κ1) is 15.1. The van der Waals surface area contributed by atoms with Crippen LogP contribution in [0.3, 0.4) is 0 Å². The lowest BCUT2D eigenvalue weighted by molar-refractivity contribution is 1.39. The van der Waals surface area contributed by atoms with Gasteiger partial charge in [-0.05, 0) is 42.3 Å². The van der Waals surface area contributed by atoms with Gasteiger partial charge in [0.05, 0.1) is 11.2 Å². The van der Waals surface area contributed by atoms with Crippen LogP contribution in [0.25, 0.3) is 33.3 Å². The van der Waals surface area contributed by atoms with Crippen LogP contribution in [0.4, 0.5) is 0 Å². The molecular weight excluding hydrogens is 358 g/mol. The van der Waals surface area contributed by atoms with Crippen LogP contribution >= 0.6 is 15.9 Å². The third kappa shape index (κ3) is 2.85. The van der Waals surface area contributed by atoms with Gasteiger partial charge in [-0.2, -0.15) is 0 Å². The zero-order valence-electron chi connectivity index (χ0n) is 13.3. The van der Waals surface area contributed by atoms with Crippen molar-refractivity contribution >= 4 is 26.8 Å². The van der Waals surface area contributed by atoms with Crippen LogP contribution in [0, 0.1) is 6.92 Å². The van der Waals surface area contributed by atoms with Gasteiger partial charge in [-0.25, -0.2) is 4.98 Å². The van der Waals surface area contributed by atoms with Crippen molar-refractivity contribution in [1.29, 1.82) is 0 Å². The Morgan fingerprint density at radius 3 is 2.33 bits per heavy atom. The molecule has 3 aromatic carbocycles. The van der Waals surface area contributed by atoms with Crippen LogP contribution in [0.2, 0.25) is 0 Å². The average Bonchev–Trinajstić information content (AvgIpc) is 2.61. The van der Waals surface area contributed by atoms with Crippen LogP contribution in [-0.2, 0) is 0 Å². The van der Waals surface area contributed by atoms with Crippen molar-refractivity contribution in [3.8, 4) is 22.4 Å². The van der Waals surface area contributed by atoms with Gasteiger partial charge in [-0.1, -0.05) is 76.1 Å². The second kappa shape index (κ2) is 6.21. The fourth-order valence-electron chi connectivity index (χ4n) is 2.94. The van der Waals surface area contributed by atoms with Crippen molar-refractivity contribution in [2.45, 2.75) is 6.92 Å². The van der Waals surface area contributed by atoms with Crippen molar-refractivity contribution in [1.82, 2.24) is 4.98 Å². The van der Waals surface area contributed by atoms with Gasteiger partial charge in [0, 0.05) is 15.4 Å². The summed E-state index contributed by atoms with van der Waals surface area (Å²) >= 11 is 3.55. The SMILES string of the molecule is Cc1ccc(-c2cc(-c3cccc(Br)c3)nc3ccccc23)cc1. The molecule has 0 atom stereocenters. The van der Waals surface area contributed by atoms with Gasteiger partial charge >= 0.3 is 0 Å². The molecular formula is C22H16BrN. The number of halogens is 1. The summed E-state index contributed by atoms with van der Waals surface area (Å²) in [5, 5.41) is 1.18. The summed E-state index contributed by atoms with van der Waals surface area (Å²) in [4.78, 5) is 4.87. The Morgan fingerprint density at radius 1 is 0.750 bits per heavy atom. The van der Waals surface area contributed by atoms with E-state index in [1.54, 1.807) is 0 Å². The number of para-hydroxylation sites is 1.